The first-order chi connectivity index (χ1) is 50.0. The normalized spacial score (nSPS) is 12.2. The Kier molecular flexibility index (Phi) is 12.5. The molecular weight excluding hydrogens is 1340 g/mol. The molecule has 0 aliphatic carbocycles. The van der Waals surface area contributed by atoms with Gasteiger partial charge in [0.1, 0.15) is 22.3 Å². The zero-order valence-electron chi connectivity index (χ0n) is 53.1. The molecular formula is C88H47ClN6O2S4. The molecule has 101 heavy (non-hydrogen) atoms. The lowest BCUT2D eigenvalue weighted by molar-refractivity contribution is 0.669. The number of hydrogen-bond donors (Lipinski definition) is 1. The highest BCUT2D eigenvalue weighted by Gasteiger charge is 2.27. The van der Waals surface area contributed by atoms with E-state index in [4.69, 9.17) is 30.4 Å². The average molecular weight is 1380 g/mol. The number of furan rings is 2. The number of nitrogens with one attached hydrogen (secondary N) is 1. The lowest BCUT2D eigenvalue weighted by Gasteiger charge is -2.12. The fourth-order valence-corrected chi connectivity index (χ4v) is 20.7. The second kappa shape index (κ2) is 22.1. The van der Waals surface area contributed by atoms with Crippen LogP contribution in [0.4, 0.5) is 0 Å². The van der Waals surface area contributed by atoms with Crippen molar-refractivity contribution < 1.29 is 8.83 Å². The van der Waals surface area contributed by atoms with Gasteiger partial charge in [0.25, 0.3) is 0 Å². The molecule has 24 aromatic rings. The molecule has 0 aliphatic rings. The second-order valence-corrected chi connectivity index (χ2v) is 30.1. The number of aromatic nitrogens is 6. The van der Waals surface area contributed by atoms with E-state index in [1.54, 1.807) is 22.7 Å². The van der Waals surface area contributed by atoms with Crippen LogP contribution >= 0.6 is 56.9 Å². The fraction of sp³-hybridized carbons (Fsp3) is 0. The van der Waals surface area contributed by atoms with Gasteiger partial charge in [-0.2, -0.15) is 0 Å². The zero-order valence-corrected chi connectivity index (χ0v) is 57.1. The third-order valence-corrected chi connectivity index (χ3v) is 25.0. The molecule has 0 bridgehead atoms. The number of H-pyrrole nitrogens is 1. The molecule has 0 atom stereocenters. The Morgan fingerprint density at radius 2 is 0.723 bits per heavy atom. The third kappa shape index (κ3) is 8.45. The van der Waals surface area contributed by atoms with Gasteiger partial charge in [-0.25, -0.2) is 19.9 Å². The quantitative estimate of drug-likeness (QED) is 0.177. The van der Waals surface area contributed by atoms with Crippen LogP contribution in [0.2, 0.25) is 5.28 Å². The summed E-state index contributed by atoms with van der Waals surface area (Å²) in [5.41, 5.74) is 13.6. The van der Waals surface area contributed by atoms with Gasteiger partial charge in [-0.05, 0) is 83.0 Å². The number of rotatable bonds is 3. The first kappa shape index (κ1) is 57.1. The van der Waals surface area contributed by atoms with Gasteiger partial charge in [-0.3, -0.25) is 4.57 Å². The maximum atomic E-state index is 6.61. The molecule has 13 heteroatoms. The number of hydrogen-bond acceptors (Lipinski definition) is 10. The van der Waals surface area contributed by atoms with Gasteiger partial charge in [-0.1, -0.05) is 218 Å². The van der Waals surface area contributed by atoms with E-state index in [0.29, 0.717) is 5.95 Å². The van der Waals surface area contributed by atoms with Gasteiger partial charge in [0.2, 0.25) is 11.2 Å². The van der Waals surface area contributed by atoms with Crippen LogP contribution in [0.1, 0.15) is 0 Å². The van der Waals surface area contributed by atoms with E-state index in [1.165, 1.54) is 104 Å². The summed E-state index contributed by atoms with van der Waals surface area (Å²) in [7, 11) is 0. The van der Waals surface area contributed by atoms with Crippen LogP contribution in [-0.4, -0.2) is 29.5 Å². The third-order valence-electron chi connectivity index (χ3n) is 20.1. The largest absolute Gasteiger partial charge is 0.455 e. The molecule has 10 heterocycles. The molecule has 0 saturated heterocycles. The molecule has 10 aromatic heterocycles. The zero-order chi connectivity index (χ0) is 66.1. The maximum Gasteiger partial charge on any atom is 0.235 e. The topological polar surface area (TPSA) is 98.6 Å². The summed E-state index contributed by atoms with van der Waals surface area (Å²) in [6, 6.07) is 98.2. The lowest BCUT2D eigenvalue weighted by atomic mass is 10.00. The van der Waals surface area contributed by atoms with Crippen molar-refractivity contribution in [3.8, 4) is 28.5 Å². The second-order valence-electron chi connectivity index (χ2n) is 25.5. The van der Waals surface area contributed by atoms with Gasteiger partial charge in [-0.15, -0.1) is 45.3 Å². The van der Waals surface area contributed by atoms with Crippen LogP contribution < -0.4 is 0 Å². The summed E-state index contributed by atoms with van der Waals surface area (Å²) in [6.07, 6.45) is 0. The minimum atomic E-state index is 0.245. The highest BCUT2D eigenvalue weighted by molar-refractivity contribution is 7.28. The van der Waals surface area contributed by atoms with Crippen LogP contribution in [0.25, 0.3) is 218 Å². The van der Waals surface area contributed by atoms with Crippen LogP contribution in [0.3, 0.4) is 0 Å². The van der Waals surface area contributed by atoms with Crippen molar-refractivity contribution in [1.29, 1.82) is 0 Å². The highest BCUT2D eigenvalue weighted by Crippen LogP contribution is 2.51. The molecule has 14 aromatic carbocycles. The molecule has 0 radical (unpaired) electrons. The number of fused-ring (bicyclic) bond motifs is 32. The van der Waals surface area contributed by atoms with E-state index in [-0.39, 0.29) is 5.28 Å². The Morgan fingerprint density at radius 3 is 1.32 bits per heavy atom. The van der Waals surface area contributed by atoms with Crippen LogP contribution in [0.15, 0.2) is 288 Å². The molecule has 0 aliphatic heterocycles. The van der Waals surface area contributed by atoms with Crippen molar-refractivity contribution in [3.63, 3.8) is 0 Å². The number of para-hydroxylation sites is 6. The molecule has 8 nitrogen and oxygen atoms in total. The molecule has 472 valence electrons. The van der Waals surface area contributed by atoms with Crippen molar-refractivity contribution in [2.75, 3.05) is 0 Å². The van der Waals surface area contributed by atoms with Gasteiger partial charge >= 0.3 is 0 Å². The number of halogens is 1. The van der Waals surface area contributed by atoms with Crippen molar-refractivity contribution in [3.05, 3.63) is 284 Å². The van der Waals surface area contributed by atoms with E-state index >= 15 is 0 Å². The fourth-order valence-electron chi connectivity index (χ4n) is 15.8. The van der Waals surface area contributed by atoms with Gasteiger partial charge < -0.3 is 13.8 Å². The summed E-state index contributed by atoms with van der Waals surface area (Å²) >= 11 is 13.5. The summed E-state index contributed by atoms with van der Waals surface area (Å²) in [5, 5.41) is 22.3. The van der Waals surface area contributed by atoms with Crippen molar-refractivity contribution >= 4 is 247 Å². The smallest absolute Gasteiger partial charge is 0.235 e. The SMILES string of the molecule is Clc1nc(-c2cccc3c2oc2ccccc23)c2sc3ccccc3c2n1.c1ccc2c(c1)[nH]c1c2c2ccccc2c2sc3ccccc3c12.c1ccc2c(c1)oc1c(-c3nc(-n4c5ccccc5c5c6ccccc6c6sc7ccccc7c6c54)nc4c3sc3ccccc34)cccc12. The summed E-state index contributed by atoms with van der Waals surface area (Å²) < 4.78 is 24.9. The summed E-state index contributed by atoms with van der Waals surface area (Å²) in [4.78, 5) is 23.9. The van der Waals surface area contributed by atoms with Crippen molar-refractivity contribution in [2.45, 2.75) is 0 Å². The Labute approximate surface area is 593 Å². The molecule has 0 unspecified atom stereocenters. The summed E-state index contributed by atoms with van der Waals surface area (Å²) in [5.74, 6) is 0.655. The lowest BCUT2D eigenvalue weighted by Crippen LogP contribution is -2.03. The maximum absolute atomic E-state index is 6.61. The van der Waals surface area contributed by atoms with Crippen molar-refractivity contribution in [2.24, 2.45) is 0 Å². The minimum Gasteiger partial charge on any atom is -0.455 e. The highest BCUT2D eigenvalue weighted by atomic mass is 35.5. The first-order valence-corrected chi connectivity index (χ1v) is 37.0. The van der Waals surface area contributed by atoms with E-state index < -0.39 is 0 Å². The van der Waals surface area contributed by atoms with Gasteiger partial charge in [0, 0.05) is 131 Å². The van der Waals surface area contributed by atoms with E-state index in [1.807, 2.05) is 77.3 Å². The van der Waals surface area contributed by atoms with Crippen LogP contribution in [-0.2, 0) is 0 Å². The summed E-state index contributed by atoms with van der Waals surface area (Å²) in [6.45, 7) is 0. The standard InChI is InChI=1S/C44H23N3OS2.C22H11ClN2OS.C22H13NS/c1-2-14-27-25(13-1)36-28-15-3-7-20-32(28)47(40(36)37-29-16-5-9-22-34(29)49-42(27)37)44-45-38-30-17-6-10-23-35(30)50-43(38)39(46-44)31-19-11-18-26-24-12-4-8-21-33(24)48-41(26)31;23-22-24-18-14-7-2-4-11-17(14)27-21(18)19(25-22)15-9-5-8-13-12-6-1-3-10-16(12)26-20(13)15;1-2-8-14-13(7-1)19-15-9-3-5-11-17(15)23-21(19)20-16-10-4-6-12-18(16)24-22(14)20/h1-23H;1-11H;1-12,23H. The average Bonchev–Trinajstić information content (AvgIpc) is 1.54. The van der Waals surface area contributed by atoms with Crippen LogP contribution in [0.5, 0.6) is 0 Å². The number of nitrogens with zero attached hydrogens (tertiary/aromatic N) is 5. The number of aromatic amines is 1. The Balaban J connectivity index is 0.000000106. The first-order valence-electron chi connectivity index (χ1n) is 33.4. The molecule has 0 fully saturated rings. The predicted octanol–water partition coefficient (Wildman–Crippen LogP) is 26.9. The monoisotopic (exact) mass is 1380 g/mol. The molecule has 1 N–H and O–H groups in total. The van der Waals surface area contributed by atoms with Gasteiger partial charge in [0.05, 0.1) is 48.4 Å². The number of thiophene rings is 4. The predicted molar refractivity (Wildman–Crippen MR) is 431 cm³/mol. The Morgan fingerprint density at radius 1 is 0.307 bits per heavy atom. The Hall–Kier alpha value is -11.9. The molecule has 0 spiro atoms. The molecule has 0 amide bonds. The minimum absolute atomic E-state index is 0.245. The van der Waals surface area contributed by atoms with E-state index in [2.05, 4.69) is 244 Å². The Bertz CT molecular complexity index is 7650. The molecule has 0 saturated carbocycles. The van der Waals surface area contributed by atoms with Crippen molar-refractivity contribution in [1.82, 2.24) is 29.5 Å². The van der Waals surface area contributed by atoms with E-state index in [0.717, 1.165) is 109 Å². The molecule has 24 rings (SSSR count). The van der Waals surface area contributed by atoms with E-state index in [9.17, 15) is 0 Å². The van der Waals surface area contributed by atoms with Gasteiger partial charge in [0.15, 0.2) is 0 Å². The van der Waals surface area contributed by atoms with Crippen LogP contribution in [0, 0.1) is 0 Å². The number of benzene rings is 14.